The van der Waals surface area contributed by atoms with E-state index in [2.05, 4.69) is 10.6 Å². The molecule has 0 fully saturated rings. The van der Waals surface area contributed by atoms with Crippen molar-refractivity contribution in [2.75, 3.05) is 37.1 Å². The highest BCUT2D eigenvalue weighted by molar-refractivity contribution is 5.91. The Morgan fingerprint density at radius 1 is 0.879 bits per heavy atom. The van der Waals surface area contributed by atoms with Crippen LogP contribution in [0, 0.1) is 6.92 Å². The Hall–Kier alpha value is -3.87. The number of ether oxygens (including phenoxy) is 4. The fraction of sp³-hybridized carbons (Fsp3) is 0.269. The molecule has 1 aliphatic rings. The van der Waals surface area contributed by atoms with Gasteiger partial charge in [0, 0.05) is 24.0 Å². The molecular formula is C26H28N2O5. The van der Waals surface area contributed by atoms with Gasteiger partial charge in [0.1, 0.15) is 13.2 Å². The van der Waals surface area contributed by atoms with Crippen molar-refractivity contribution in [2.45, 2.75) is 20.4 Å². The number of rotatable bonds is 9. The minimum atomic E-state index is -0.231. The first-order valence-corrected chi connectivity index (χ1v) is 11.0. The van der Waals surface area contributed by atoms with Gasteiger partial charge >= 0.3 is 0 Å². The Morgan fingerprint density at radius 2 is 1.64 bits per heavy atom. The molecule has 1 heterocycles. The molecule has 0 atom stereocenters. The molecule has 33 heavy (non-hydrogen) atoms. The van der Waals surface area contributed by atoms with Crippen LogP contribution in [0.25, 0.3) is 0 Å². The summed E-state index contributed by atoms with van der Waals surface area (Å²) in [4.78, 5) is 12.3. The van der Waals surface area contributed by atoms with Crippen LogP contribution in [0.5, 0.6) is 23.0 Å². The topological polar surface area (TPSA) is 78.1 Å². The summed E-state index contributed by atoms with van der Waals surface area (Å²) in [5.41, 5.74) is 3.82. The molecule has 0 unspecified atom stereocenters. The van der Waals surface area contributed by atoms with E-state index in [4.69, 9.17) is 18.9 Å². The minimum Gasteiger partial charge on any atom is -0.490 e. The van der Waals surface area contributed by atoms with Crippen LogP contribution in [-0.2, 0) is 11.3 Å². The Morgan fingerprint density at radius 3 is 2.42 bits per heavy atom. The summed E-state index contributed by atoms with van der Waals surface area (Å²) in [5.74, 6) is 2.40. The highest BCUT2D eigenvalue weighted by atomic mass is 16.6. The van der Waals surface area contributed by atoms with Gasteiger partial charge in [0.15, 0.2) is 29.6 Å². The first kappa shape index (κ1) is 22.3. The molecule has 3 aromatic rings. The maximum Gasteiger partial charge on any atom is 0.262 e. The van der Waals surface area contributed by atoms with Crippen LogP contribution < -0.4 is 29.6 Å². The van der Waals surface area contributed by atoms with E-state index < -0.39 is 0 Å². The zero-order valence-corrected chi connectivity index (χ0v) is 18.9. The molecular weight excluding hydrogens is 420 g/mol. The van der Waals surface area contributed by atoms with Gasteiger partial charge in [-0.25, -0.2) is 0 Å². The number of nitrogens with one attached hydrogen (secondary N) is 2. The third kappa shape index (κ3) is 6.10. The standard InChI is InChI=1S/C26H28N2O5/c1-3-30-24-14-19(16-27-21-9-11-22-25(15-21)32-13-12-31-22)6-10-23(24)33-17-26(29)28-20-7-4-18(2)5-8-20/h4-11,14-15,27H,3,12-13,16-17H2,1-2H3,(H,28,29). The molecule has 1 aliphatic heterocycles. The maximum absolute atomic E-state index is 12.3. The molecule has 0 spiro atoms. The van der Waals surface area contributed by atoms with Crippen molar-refractivity contribution in [1.29, 1.82) is 0 Å². The summed E-state index contributed by atoms with van der Waals surface area (Å²) in [6.45, 7) is 6.01. The first-order chi connectivity index (χ1) is 16.1. The summed E-state index contributed by atoms with van der Waals surface area (Å²) in [7, 11) is 0. The van der Waals surface area contributed by atoms with Crippen molar-refractivity contribution in [1.82, 2.24) is 0 Å². The molecule has 0 radical (unpaired) electrons. The predicted molar refractivity (Wildman–Crippen MR) is 128 cm³/mol. The van der Waals surface area contributed by atoms with Crippen LogP contribution in [0.15, 0.2) is 60.7 Å². The van der Waals surface area contributed by atoms with Gasteiger partial charge in [-0.1, -0.05) is 23.8 Å². The highest BCUT2D eigenvalue weighted by Gasteiger charge is 2.13. The average Bonchev–Trinajstić information content (AvgIpc) is 2.83. The summed E-state index contributed by atoms with van der Waals surface area (Å²) in [5, 5.41) is 6.21. The van der Waals surface area contributed by atoms with Crippen LogP contribution in [-0.4, -0.2) is 32.3 Å². The van der Waals surface area contributed by atoms with E-state index >= 15 is 0 Å². The van der Waals surface area contributed by atoms with Crippen molar-refractivity contribution in [3.8, 4) is 23.0 Å². The fourth-order valence-electron chi connectivity index (χ4n) is 3.38. The van der Waals surface area contributed by atoms with E-state index in [0.29, 0.717) is 37.9 Å². The molecule has 1 amide bonds. The number of benzene rings is 3. The number of amides is 1. The second-order valence-electron chi connectivity index (χ2n) is 7.63. The molecule has 3 aromatic carbocycles. The molecule has 0 bridgehead atoms. The van der Waals surface area contributed by atoms with Gasteiger partial charge in [0.25, 0.3) is 5.91 Å². The SMILES string of the molecule is CCOc1cc(CNc2ccc3c(c2)OCCO3)ccc1OCC(=O)Nc1ccc(C)cc1. The van der Waals surface area contributed by atoms with Gasteiger partial charge < -0.3 is 29.6 Å². The minimum absolute atomic E-state index is 0.108. The molecule has 2 N–H and O–H groups in total. The van der Waals surface area contributed by atoms with Crippen molar-refractivity contribution in [3.63, 3.8) is 0 Å². The summed E-state index contributed by atoms with van der Waals surface area (Å²) < 4.78 is 22.7. The first-order valence-electron chi connectivity index (χ1n) is 11.0. The van der Waals surface area contributed by atoms with Crippen molar-refractivity contribution in [3.05, 3.63) is 71.8 Å². The lowest BCUT2D eigenvalue weighted by Crippen LogP contribution is -2.20. The Labute approximate surface area is 193 Å². The molecule has 7 heteroatoms. The monoisotopic (exact) mass is 448 g/mol. The second-order valence-corrected chi connectivity index (χ2v) is 7.63. The van der Waals surface area contributed by atoms with Crippen LogP contribution in [0.4, 0.5) is 11.4 Å². The summed E-state index contributed by atoms with van der Waals surface area (Å²) >= 11 is 0. The van der Waals surface area contributed by atoms with Gasteiger partial charge in [0.05, 0.1) is 6.61 Å². The Bertz CT molecular complexity index is 1100. The fourth-order valence-corrected chi connectivity index (χ4v) is 3.38. The lowest BCUT2D eigenvalue weighted by atomic mass is 10.2. The van der Waals surface area contributed by atoms with Crippen LogP contribution in [0.1, 0.15) is 18.1 Å². The zero-order valence-electron chi connectivity index (χ0n) is 18.9. The van der Waals surface area contributed by atoms with Crippen LogP contribution in [0.3, 0.4) is 0 Å². The molecule has 0 saturated carbocycles. The summed E-state index contributed by atoms with van der Waals surface area (Å²) in [6, 6.07) is 19.1. The third-order valence-corrected chi connectivity index (χ3v) is 5.04. The number of fused-ring (bicyclic) bond motifs is 1. The zero-order chi connectivity index (χ0) is 23.0. The van der Waals surface area contributed by atoms with Crippen molar-refractivity contribution < 1.29 is 23.7 Å². The summed E-state index contributed by atoms with van der Waals surface area (Å²) in [6.07, 6.45) is 0. The molecule has 4 rings (SSSR count). The van der Waals surface area contributed by atoms with Gasteiger partial charge in [0.2, 0.25) is 0 Å². The number of hydrogen-bond acceptors (Lipinski definition) is 6. The number of carbonyl (C=O) groups is 1. The number of anilines is 2. The quantitative estimate of drug-likeness (QED) is 0.490. The van der Waals surface area contributed by atoms with Gasteiger partial charge in [-0.05, 0) is 55.8 Å². The lowest BCUT2D eigenvalue weighted by molar-refractivity contribution is -0.118. The van der Waals surface area contributed by atoms with E-state index in [9.17, 15) is 4.79 Å². The lowest BCUT2D eigenvalue weighted by Gasteiger charge is -2.19. The normalized spacial score (nSPS) is 12.1. The molecule has 0 aromatic heterocycles. The van der Waals surface area contributed by atoms with Crippen LogP contribution in [0.2, 0.25) is 0 Å². The third-order valence-electron chi connectivity index (χ3n) is 5.04. The number of aryl methyl sites for hydroxylation is 1. The van der Waals surface area contributed by atoms with Crippen molar-refractivity contribution >= 4 is 17.3 Å². The van der Waals surface area contributed by atoms with Crippen LogP contribution >= 0.6 is 0 Å². The molecule has 7 nitrogen and oxygen atoms in total. The van der Waals surface area contributed by atoms with E-state index in [1.54, 1.807) is 0 Å². The van der Waals surface area contributed by atoms with E-state index in [1.165, 1.54) is 0 Å². The second kappa shape index (κ2) is 10.6. The molecule has 0 aliphatic carbocycles. The average molecular weight is 449 g/mol. The molecule has 172 valence electrons. The van der Waals surface area contributed by atoms with E-state index in [1.807, 2.05) is 74.5 Å². The predicted octanol–water partition coefficient (Wildman–Crippen LogP) is 4.79. The largest absolute Gasteiger partial charge is 0.490 e. The Kier molecular flexibility index (Phi) is 7.19. The van der Waals surface area contributed by atoms with Gasteiger partial charge in [-0.3, -0.25) is 4.79 Å². The Balaban J connectivity index is 1.35. The number of hydrogen-bond donors (Lipinski definition) is 2. The van der Waals surface area contributed by atoms with Crippen molar-refractivity contribution in [2.24, 2.45) is 0 Å². The van der Waals surface area contributed by atoms with Gasteiger partial charge in [-0.2, -0.15) is 0 Å². The van der Waals surface area contributed by atoms with Gasteiger partial charge in [-0.15, -0.1) is 0 Å². The number of carbonyl (C=O) groups excluding carboxylic acids is 1. The maximum atomic E-state index is 12.3. The highest BCUT2D eigenvalue weighted by Crippen LogP contribution is 2.33. The van der Waals surface area contributed by atoms with E-state index in [-0.39, 0.29) is 12.5 Å². The smallest absolute Gasteiger partial charge is 0.262 e. The van der Waals surface area contributed by atoms with E-state index in [0.717, 1.165) is 34.0 Å². The molecule has 0 saturated heterocycles.